The summed E-state index contributed by atoms with van der Waals surface area (Å²) in [6.45, 7) is 2.86. The van der Waals surface area contributed by atoms with E-state index in [1.807, 2.05) is 0 Å². The maximum Gasteiger partial charge on any atom is 0.387 e. The van der Waals surface area contributed by atoms with E-state index in [0.29, 0.717) is 12.8 Å². The van der Waals surface area contributed by atoms with Gasteiger partial charge in [-0.2, -0.15) is 26.3 Å². The van der Waals surface area contributed by atoms with Gasteiger partial charge < -0.3 is 4.74 Å². The Kier molecular flexibility index (Phi) is 6.37. The van der Waals surface area contributed by atoms with E-state index in [2.05, 4.69) is 11.7 Å². The van der Waals surface area contributed by atoms with Crippen molar-refractivity contribution in [2.45, 2.75) is 37.0 Å². The number of esters is 1. The third-order valence-electron chi connectivity index (χ3n) is 2.26. The summed E-state index contributed by atoms with van der Waals surface area (Å²) >= 11 is 0. The number of Topliss-reactive ketones (excluding diaryl/α,β-unsaturated/α-hetero) is 1. The maximum atomic E-state index is 13.0. The normalized spacial score (nSPS) is 12.9. The molecule has 0 fully saturated rings. The maximum absolute atomic E-state index is 13.0. The van der Waals surface area contributed by atoms with Crippen LogP contribution in [0.5, 0.6) is 0 Å². The molecule has 0 N–H and O–H groups in total. The van der Waals surface area contributed by atoms with Crippen molar-refractivity contribution in [2.24, 2.45) is 0 Å². The molecule has 10 heteroatoms. The zero-order chi connectivity index (χ0) is 16.9. The van der Waals surface area contributed by atoms with Gasteiger partial charge in [0.1, 0.15) is 0 Å². The molecule has 4 nitrogen and oxygen atoms in total. The molecule has 0 rings (SSSR count). The van der Waals surface area contributed by atoms with Gasteiger partial charge in [-0.3, -0.25) is 9.59 Å². The van der Waals surface area contributed by atoms with E-state index in [4.69, 9.17) is 0 Å². The lowest BCUT2D eigenvalue weighted by molar-refractivity contribution is -0.272. The highest BCUT2D eigenvalue weighted by molar-refractivity contribution is 6.36. The summed E-state index contributed by atoms with van der Waals surface area (Å²) in [4.78, 5) is 31.4. The van der Waals surface area contributed by atoms with Crippen molar-refractivity contribution in [1.82, 2.24) is 0 Å². The van der Waals surface area contributed by atoms with Crippen molar-refractivity contribution < 1.29 is 45.5 Å². The largest absolute Gasteiger partial charge is 0.460 e. The highest BCUT2D eigenvalue weighted by Crippen LogP contribution is 2.45. The second-order valence-electron chi connectivity index (χ2n) is 3.85. The Bertz CT molecular complexity index is 408. The van der Waals surface area contributed by atoms with Crippen molar-refractivity contribution in [2.75, 3.05) is 6.61 Å². The number of carbonyl (C=O) groups excluding carboxylic acids is 3. The second-order valence-corrected chi connectivity index (χ2v) is 3.85. The third-order valence-corrected chi connectivity index (χ3v) is 2.26. The molecule has 0 bridgehead atoms. The van der Waals surface area contributed by atoms with Gasteiger partial charge in [0, 0.05) is 0 Å². The predicted octanol–water partition coefficient (Wildman–Crippen LogP) is 2.12. The van der Waals surface area contributed by atoms with E-state index >= 15 is 0 Å². The van der Waals surface area contributed by atoms with E-state index in [0.717, 1.165) is 0 Å². The molecule has 0 unspecified atom stereocenters. The summed E-state index contributed by atoms with van der Waals surface area (Å²) in [7, 11) is 0. The lowest BCUT2D eigenvalue weighted by Gasteiger charge is -2.27. The summed E-state index contributed by atoms with van der Waals surface area (Å²) in [6.07, 6.45) is 0.330. The molecular weight excluding hydrogens is 310 g/mol. The lowest BCUT2D eigenvalue weighted by Crippen LogP contribution is -2.60. The van der Waals surface area contributed by atoms with Crippen LogP contribution in [0.3, 0.4) is 0 Å². The first-order chi connectivity index (χ1) is 9.45. The molecule has 0 aromatic carbocycles. The molecule has 21 heavy (non-hydrogen) atoms. The average Bonchev–Trinajstić information content (AvgIpc) is 2.41. The van der Waals surface area contributed by atoms with Gasteiger partial charge in [0.25, 0.3) is 6.29 Å². The quantitative estimate of drug-likeness (QED) is 0.283. The molecule has 0 aliphatic heterocycles. The van der Waals surface area contributed by atoms with Crippen molar-refractivity contribution in [3.8, 4) is 0 Å². The molecule has 0 amide bonds. The molecule has 0 aromatic rings. The Morgan fingerprint density at radius 3 is 2.00 bits per heavy atom. The fourth-order valence-electron chi connectivity index (χ4n) is 1.04. The molecule has 2 radical (unpaired) electrons. The molecule has 0 atom stereocenters. The zero-order valence-electron chi connectivity index (χ0n) is 10.4. The van der Waals surface area contributed by atoms with Gasteiger partial charge in [-0.1, -0.05) is 19.8 Å². The Balaban J connectivity index is 5.02. The number of hydrogen-bond donors (Lipinski definition) is 0. The summed E-state index contributed by atoms with van der Waals surface area (Å²) in [5, 5.41) is 0. The predicted molar refractivity (Wildman–Crippen MR) is 55.7 cm³/mol. The highest BCUT2D eigenvalue weighted by Gasteiger charge is 2.76. The Morgan fingerprint density at radius 1 is 1.05 bits per heavy atom. The molecule has 0 aromatic heterocycles. The van der Waals surface area contributed by atoms with E-state index in [-0.39, 0.29) is 6.42 Å². The molecule has 0 saturated heterocycles. The standard InChI is InChI=1S/C11H10F6O4/c1-2-3-4-5-21-8(20)7(19)10(14,15)11(16,17)9(12,13)6-18/h1-5H2. The van der Waals surface area contributed by atoms with Gasteiger partial charge in [0.05, 0.1) is 6.61 Å². The summed E-state index contributed by atoms with van der Waals surface area (Å²) < 4.78 is 80.6. The van der Waals surface area contributed by atoms with E-state index < -0.39 is 42.4 Å². The van der Waals surface area contributed by atoms with Crippen LogP contribution in [-0.4, -0.2) is 42.4 Å². The number of hydrogen-bond acceptors (Lipinski definition) is 4. The van der Waals surface area contributed by atoms with Crippen LogP contribution in [0, 0.1) is 6.92 Å². The minimum absolute atomic E-state index is 0.114. The summed E-state index contributed by atoms with van der Waals surface area (Å²) in [5.74, 6) is -24.0. The zero-order valence-corrected chi connectivity index (χ0v) is 10.4. The number of unbranched alkanes of at least 4 members (excludes halogenated alkanes) is 2. The van der Waals surface area contributed by atoms with Crippen LogP contribution in [0.25, 0.3) is 0 Å². The first kappa shape index (κ1) is 19.4. The van der Waals surface area contributed by atoms with E-state index in [9.17, 15) is 40.7 Å². The fraction of sp³-hybridized carbons (Fsp3) is 0.636. The first-order valence-electron chi connectivity index (χ1n) is 5.49. The highest BCUT2D eigenvalue weighted by atomic mass is 19.3. The Hall–Kier alpha value is -1.61. The van der Waals surface area contributed by atoms with Crippen LogP contribution in [0.1, 0.15) is 19.3 Å². The van der Waals surface area contributed by atoms with Crippen molar-refractivity contribution in [3.63, 3.8) is 0 Å². The van der Waals surface area contributed by atoms with E-state index in [1.165, 1.54) is 0 Å². The van der Waals surface area contributed by atoms with Crippen LogP contribution in [0.2, 0.25) is 0 Å². The SMILES string of the molecule is [CH2]CCCCOC(=O)C(=O)C(F)(F)C(F)(F)C(F)(F)[C]=O. The molecule has 0 heterocycles. The van der Waals surface area contributed by atoms with Crippen molar-refractivity contribution in [1.29, 1.82) is 0 Å². The van der Waals surface area contributed by atoms with Gasteiger partial charge >= 0.3 is 29.5 Å². The molecule has 120 valence electrons. The van der Waals surface area contributed by atoms with E-state index in [1.54, 1.807) is 0 Å². The van der Waals surface area contributed by atoms with Crippen LogP contribution >= 0.6 is 0 Å². The Morgan fingerprint density at radius 2 is 1.57 bits per heavy atom. The third kappa shape index (κ3) is 3.94. The number of carbonyl (C=O) groups is 2. The van der Waals surface area contributed by atoms with Crippen LogP contribution in [0.4, 0.5) is 26.3 Å². The molecule has 0 spiro atoms. The summed E-state index contributed by atoms with van der Waals surface area (Å²) in [5.41, 5.74) is 0. The second kappa shape index (κ2) is 6.90. The number of rotatable bonds is 9. The van der Waals surface area contributed by atoms with Crippen molar-refractivity contribution in [3.05, 3.63) is 6.92 Å². The monoisotopic (exact) mass is 320 g/mol. The molecule has 0 aliphatic rings. The summed E-state index contributed by atoms with van der Waals surface area (Å²) in [6, 6.07) is 0. The van der Waals surface area contributed by atoms with Gasteiger partial charge in [0.2, 0.25) is 0 Å². The first-order valence-corrected chi connectivity index (χ1v) is 5.49. The van der Waals surface area contributed by atoms with Gasteiger partial charge in [-0.25, -0.2) is 4.79 Å². The van der Waals surface area contributed by atoms with Crippen LogP contribution < -0.4 is 0 Å². The topological polar surface area (TPSA) is 60.4 Å². The fourth-order valence-corrected chi connectivity index (χ4v) is 1.04. The molecule has 0 saturated carbocycles. The van der Waals surface area contributed by atoms with Crippen LogP contribution in [-0.2, 0) is 19.1 Å². The Labute approximate surface area is 115 Å². The smallest absolute Gasteiger partial charge is 0.387 e. The van der Waals surface area contributed by atoms with Gasteiger partial charge in [0.15, 0.2) is 0 Å². The molecular formula is C11H10F6O4. The van der Waals surface area contributed by atoms with Crippen molar-refractivity contribution >= 4 is 18.0 Å². The minimum atomic E-state index is -6.41. The molecule has 0 aliphatic carbocycles. The number of ketones is 1. The van der Waals surface area contributed by atoms with Crippen LogP contribution in [0.15, 0.2) is 0 Å². The lowest BCUT2D eigenvalue weighted by atomic mass is 10.0. The van der Waals surface area contributed by atoms with Gasteiger partial charge in [-0.05, 0) is 6.42 Å². The average molecular weight is 320 g/mol. The number of alkyl halides is 6. The minimum Gasteiger partial charge on any atom is -0.460 e. The number of ether oxygens (including phenoxy) is 1. The van der Waals surface area contributed by atoms with Gasteiger partial charge in [-0.15, -0.1) is 0 Å². The number of halogens is 6.